The molecule has 1 saturated carbocycles. The Morgan fingerprint density at radius 2 is 1.96 bits per heavy atom. The van der Waals surface area contributed by atoms with Gasteiger partial charge in [-0.05, 0) is 49.8 Å². The van der Waals surface area contributed by atoms with Crippen molar-refractivity contribution < 1.29 is 17.6 Å². The number of aromatic nitrogens is 2. The van der Waals surface area contributed by atoms with E-state index in [0.29, 0.717) is 18.0 Å². The van der Waals surface area contributed by atoms with Gasteiger partial charge in [0.15, 0.2) is 0 Å². The molecule has 1 aliphatic carbocycles. The highest BCUT2D eigenvalue weighted by molar-refractivity contribution is 5.85. The minimum absolute atomic E-state index is 0. The van der Waals surface area contributed by atoms with Gasteiger partial charge in [0, 0.05) is 30.9 Å². The van der Waals surface area contributed by atoms with Crippen molar-refractivity contribution in [2.45, 2.75) is 37.9 Å². The number of anilines is 1. The molecule has 0 atom stereocenters. The van der Waals surface area contributed by atoms with Crippen molar-refractivity contribution in [1.82, 2.24) is 10.2 Å². The molecule has 1 aromatic carbocycles. The third-order valence-corrected chi connectivity index (χ3v) is 4.82. The molecule has 3 N–H and O–H groups in total. The number of H-pyrrole nitrogens is 1. The Labute approximate surface area is 160 Å². The van der Waals surface area contributed by atoms with E-state index in [-0.39, 0.29) is 30.0 Å². The van der Waals surface area contributed by atoms with Crippen molar-refractivity contribution in [3.05, 3.63) is 34.3 Å². The largest absolute Gasteiger partial charge is 0.434 e. The van der Waals surface area contributed by atoms with Crippen LogP contribution in [-0.4, -0.2) is 29.8 Å². The quantitative estimate of drug-likeness (QED) is 0.812. The average Bonchev–Trinajstić information content (AvgIpc) is 3.02. The summed E-state index contributed by atoms with van der Waals surface area (Å²) in [6.45, 7) is 0.504. The van der Waals surface area contributed by atoms with Crippen LogP contribution in [0.4, 0.5) is 18.9 Å². The van der Waals surface area contributed by atoms with Crippen molar-refractivity contribution in [1.29, 1.82) is 0 Å². The molecule has 0 radical (unpaired) electrons. The van der Waals surface area contributed by atoms with Crippen LogP contribution in [0.25, 0.3) is 11.5 Å². The lowest BCUT2D eigenvalue weighted by atomic mass is 9.86. The molecule has 6 nitrogen and oxygen atoms in total. The highest BCUT2D eigenvalue weighted by Crippen LogP contribution is 2.39. The number of nitrogens with zero attached hydrogens (tertiary/aromatic N) is 2. The van der Waals surface area contributed by atoms with Crippen molar-refractivity contribution in [3.63, 3.8) is 0 Å². The number of nitrogens with two attached hydrogens (primary N) is 1. The van der Waals surface area contributed by atoms with Gasteiger partial charge < -0.3 is 15.1 Å². The summed E-state index contributed by atoms with van der Waals surface area (Å²) in [5.41, 5.74) is 5.52. The number of aromatic amines is 1. The first-order valence-electron chi connectivity index (χ1n) is 8.48. The fourth-order valence-electron chi connectivity index (χ4n) is 3.43. The zero-order valence-electron chi connectivity index (χ0n) is 14.8. The van der Waals surface area contributed by atoms with E-state index in [1.54, 1.807) is 11.9 Å². The molecule has 3 rings (SSSR count). The number of benzene rings is 1. The van der Waals surface area contributed by atoms with E-state index in [1.807, 2.05) is 0 Å². The maximum Gasteiger partial charge on any atom is 0.434 e. The highest BCUT2D eigenvalue weighted by atomic mass is 35.5. The Balaban J connectivity index is 0.00000261. The fraction of sp³-hybridized carbons (Fsp3) is 0.529. The van der Waals surface area contributed by atoms with Crippen molar-refractivity contribution in [2.24, 2.45) is 11.7 Å². The van der Waals surface area contributed by atoms with Gasteiger partial charge in [-0.25, -0.2) is 9.89 Å². The molecule has 1 heterocycles. The van der Waals surface area contributed by atoms with Gasteiger partial charge in [0.2, 0.25) is 5.89 Å². The zero-order valence-corrected chi connectivity index (χ0v) is 15.6. The molecule has 0 spiro atoms. The molecule has 0 amide bonds. The number of hydrogen-bond donors (Lipinski definition) is 2. The fourth-order valence-corrected chi connectivity index (χ4v) is 3.43. The number of rotatable bonds is 4. The Kier molecular flexibility index (Phi) is 6.59. The van der Waals surface area contributed by atoms with Crippen LogP contribution < -0.4 is 16.4 Å². The number of nitrogens with one attached hydrogen (secondary N) is 1. The summed E-state index contributed by atoms with van der Waals surface area (Å²) in [7, 11) is 1.64. The Hall–Kier alpha value is -2.00. The zero-order chi connectivity index (χ0) is 18.9. The molecule has 1 fully saturated rings. The van der Waals surface area contributed by atoms with Crippen LogP contribution in [0, 0.1) is 5.92 Å². The molecule has 0 saturated heterocycles. The lowest BCUT2D eigenvalue weighted by molar-refractivity contribution is -0.137. The molecule has 150 valence electrons. The third-order valence-electron chi connectivity index (χ3n) is 4.82. The van der Waals surface area contributed by atoms with Gasteiger partial charge in [-0.3, -0.25) is 0 Å². The highest BCUT2D eigenvalue weighted by Gasteiger charge is 2.35. The smallest absolute Gasteiger partial charge is 0.388 e. The Morgan fingerprint density at radius 1 is 1.30 bits per heavy atom. The van der Waals surface area contributed by atoms with Crippen LogP contribution in [0.3, 0.4) is 0 Å². The molecule has 0 unspecified atom stereocenters. The van der Waals surface area contributed by atoms with E-state index in [9.17, 15) is 18.0 Å². The van der Waals surface area contributed by atoms with Crippen molar-refractivity contribution in [2.75, 3.05) is 18.5 Å². The summed E-state index contributed by atoms with van der Waals surface area (Å²) in [5, 5.41) is 5.80. The SMILES string of the molecule is CN(CC1CCC(N)CC1)c1cc(-c2n[nH]c(=O)o2)ccc1C(F)(F)F.Cl. The number of hydrogen-bond acceptors (Lipinski definition) is 5. The summed E-state index contributed by atoms with van der Waals surface area (Å²) in [6.07, 6.45) is -0.892. The van der Waals surface area contributed by atoms with Gasteiger partial charge in [-0.1, -0.05) is 0 Å². The van der Waals surface area contributed by atoms with Gasteiger partial charge in [0.1, 0.15) is 0 Å². The van der Waals surface area contributed by atoms with Crippen LogP contribution in [0.1, 0.15) is 31.2 Å². The average molecular weight is 407 g/mol. The topological polar surface area (TPSA) is 88.1 Å². The van der Waals surface area contributed by atoms with E-state index in [2.05, 4.69) is 10.2 Å². The Bertz CT molecular complexity index is 813. The maximum absolute atomic E-state index is 13.4. The normalized spacial score (nSPS) is 20.2. The van der Waals surface area contributed by atoms with E-state index in [0.717, 1.165) is 31.7 Å². The monoisotopic (exact) mass is 406 g/mol. The van der Waals surface area contributed by atoms with Crippen LogP contribution in [0.15, 0.2) is 27.4 Å². The summed E-state index contributed by atoms with van der Waals surface area (Å²) < 4.78 is 45.2. The molecule has 0 bridgehead atoms. The molecule has 27 heavy (non-hydrogen) atoms. The molecule has 2 aromatic rings. The first kappa shape index (κ1) is 21.3. The number of alkyl halides is 3. The second-order valence-electron chi connectivity index (χ2n) is 6.81. The lowest BCUT2D eigenvalue weighted by Gasteiger charge is -2.32. The van der Waals surface area contributed by atoms with Gasteiger partial charge in [-0.15, -0.1) is 17.5 Å². The number of halogens is 4. The predicted octanol–water partition coefficient (Wildman–Crippen LogP) is 3.42. The first-order valence-corrected chi connectivity index (χ1v) is 8.48. The summed E-state index contributed by atoms with van der Waals surface area (Å²) in [5.74, 6) is -0.497. The second kappa shape index (κ2) is 8.35. The maximum atomic E-state index is 13.4. The molecule has 1 aromatic heterocycles. The van der Waals surface area contributed by atoms with E-state index in [4.69, 9.17) is 10.2 Å². The van der Waals surface area contributed by atoms with Gasteiger partial charge in [-0.2, -0.15) is 13.2 Å². The van der Waals surface area contributed by atoms with Gasteiger partial charge in [0.05, 0.1) is 5.56 Å². The van der Waals surface area contributed by atoms with Crippen molar-refractivity contribution >= 4 is 18.1 Å². The predicted molar refractivity (Wildman–Crippen MR) is 98.0 cm³/mol. The molecular formula is C17H22ClF3N4O2. The lowest BCUT2D eigenvalue weighted by Crippen LogP contribution is -2.33. The summed E-state index contributed by atoms with van der Waals surface area (Å²) >= 11 is 0. The molecular weight excluding hydrogens is 385 g/mol. The molecule has 10 heteroatoms. The minimum Gasteiger partial charge on any atom is -0.388 e. The molecule has 0 aliphatic heterocycles. The van der Waals surface area contributed by atoms with E-state index < -0.39 is 17.5 Å². The summed E-state index contributed by atoms with van der Waals surface area (Å²) in [6, 6.07) is 3.79. The van der Waals surface area contributed by atoms with Crippen LogP contribution in [-0.2, 0) is 6.18 Å². The third kappa shape index (κ3) is 5.04. The van der Waals surface area contributed by atoms with E-state index in [1.165, 1.54) is 12.1 Å². The minimum atomic E-state index is -4.48. The van der Waals surface area contributed by atoms with Gasteiger partial charge in [0.25, 0.3) is 0 Å². The van der Waals surface area contributed by atoms with Crippen LogP contribution in [0.5, 0.6) is 0 Å². The van der Waals surface area contributed by atoms with E-state index >= 15 is 0 Å². The van der Waals surface area contributed by atoms with Crippen LogP contribution in [0.2, 0.25) is 0 Å². The summed E-state index contributed by atoms with van der Waals surface area (Å²) in [4.78, 5) is 12.7. The first-order chi connectivity index (χ1) is 12.2. The Morgan fingerprint density at radius 3 is 2.52 bits per heavy atom. The second-order valence-corrected chi connectivity index (χ2v) is 6.81. The van der Waals surface area contributed by atoms with Crippen LogP contribution >= 0.6 is 12.4 Å². The van der Waals surface area contributed by atoms with Crippen molar-refractivity contribution in [3.8, 4) is 11.5 Å². The van der Waals surface area contributed by atoms with Gasteiger partial charge >= 0.3 is 11.9 Å². The molecule has 1 aliphatic rings. The standard InChI is InChI=1S/C17H21F3N4O2.ClH/c1-24(9-10-2-5-12(21)6-3-10)14-8-11(15-22-23-16(25)26-15)4-7-13(14)17(18,19)20;/h4,7-8,10,12H,2-3,5-6,9,21H2,1H3,(H,23,25);1H.